The highest BCUT2D eigenvalue weighted by Gasteiger charge is 2.40. The molecule has 0 spiro atoms. The normalized spacial score (nSPS) is 45.3. The molecule has 3 nitrogen and oxygen atoms in total. The Morgan fingerprint density at radius 1 is 0.326 bits per heavy atom. The van der Waals surface area contributed by atoms with Crippen molar-refractivity contribution in [3.63, 3.8) is 0 Å². The van der Waals surface area contributed by atoms with E-state index < -0.39 is 0 Å². The van der Waals surface area contributed by atoms with Gasteiger partial charge in [-0.05, 0) is 126 Å². The summed E-state index contributed by atoms with van der Waals surface area (Å²) in [7, 11) is 0. The SMILES string of the molecule is CC1CCCC(N(C2CCC(OC3CCC(N(C4CCCC(C)C4)C4CCCC(C)C4)CC3)CC2)C2CCCC(C)C2)C1. The minimum absolute atomic E-state index is 0.532. The molecule has 0 heterocycles. The first-order valence-electron chi connectivity index (χ1n) is 20.1. The Labute approximate surface area is 268 Å². The van der Waals surface area contributed by atoms with E-state index in [1.807, 2.05) is 0 Å². The summed E-state index contributed by atoms with van der Waals surface area (Å²) in [5.41, 5.74) is 0. The van der Waals surface area contributed by atoms with Gasteiger partial charge in [-0.1, -0.05) is 79.1 Å². The van der Waals surface area contributed by atoms with Gasteiger partial charge in [0.15, 0.2) is 0 Å². The average Bonchev–Trinajstić information content (AvgIpc) is 3.00. The molecule has 0 N–H and O–H groups in total. The molecule has 0 aliphatic heterocycles. The van der Waals surface area contributed by atoms with Crippen molar-refractivity contribution in [3.05, 3.63) is 0 Å². The van der Waals surface area contributed by atoms with Gasteiger partial charge in [-0.15, -0.1) is 0 Å². The minimum atomic E-state index is 0.532. The quantitative estimate of drug-likeness (QED) is 0.277. The van der Waals surface area contributed by atoms with Gasteiger partial charge in [-0.2, -0.15) is 0 Å². The summed E-state index contributed by atoms with van der Waals surface area (Å²) in [6.07, 6.45) is 35.3. The van der Waals surface area contributed by atoms with Gasteiger partial charge in [-0.25, -0.2) is 0 Å². The summed E-state index contributed by atoms with van der Waals surface area (Å²) in [5, 5.41) is 0. The number of hydrogen-bond acceptors (Lipinski definition) is 3. The lowest BCUT2D eigenvalue weighted by Gasteiger charge is -2.50. The Kier molecular flexibility index (Phi) is 11.9. The molecule has 0 aromatic rings. The van der Waals surface area contributed by atoms with E-state index in [0.717, 1.165) is 59.9 Å². The van der Waals surface area contributed by atoms with Crippen LogP contribution in [0.2, 0.25) is 0 Å². The Balaban J connectivity index is 1.01. The van der Waals surface area contributed by atoms with Crippen LogP contribution in [0.15, 0.2) is 0 Å². The van der Waals surface area contributed by atoms with E-state index in [1.165, 1.54) is 154 Å². The zero-order chi connectivity index (χ0) is 29.8. The lowest BCUT2D eigenvalue weighted by Crippen LogP contribution is -2.54. The minimum Gasteiger partial charge on any atom is -0.375 e. The highest BCUT2D eigenvalue weighted by atomic mass is 16.5. The summed E-state index contributed by atoms with van der Waals surface area (Å²) in [5.74, 6) is 3.71. The first-order chi connectivity index (χ1) is 20.9. The standard InChI is InChI=1S/C40H72N2O/c1-29-9-5-13-35(25-29)41(36-14-6-10-30(2)26-36)33-17-21-39(22-18-33)43-40-23-19-34(20-24-40)42(37-15-7-11-31(3)27-37)38-16-8-12-32(4)28-38/h29-40H,5-28H2,1-4H3. The third-order valence-electron chi connectivity index (χ3n) is 13.8. The number of rotatable bonds is 8. The number of ether oxygens (including phenoxy) is 1. The van der Waals surface area contributed by atoms with Gasteiger partial charge in [0.1, 0.15) is 0 Å². The van der Waals surface area contributed by atoms with Gasteiger partial charge in [0.25, 0.3) is 0 Å². The van der Waals surface area contributed by atoms with Crippen molar-refractivity contribution in [2.24, 2.45) is 23.7 Å². The zero-order valence-electron chi connectivity index (χ0n) is 29.2. The third kappa shape index (κ3) is 8.62. The molecule has 43 heavy (non-hydrogen) atoms. The highest BCUT2D eigenvalue weighted by Crippen LogP contribution is 2.41. The summed E-state index contributed by atoms with van der Waals surface area (Å²) < 4.78 is 7.00. The van der Waals surface area contributed by atoms with E-state index >= 15 is 0 Å². The fraction of sp³-hybridized carbons (Fsp3) is 1.00. The predicted molar refractivity (Wildman–Crippen MR) is 183 cm³/mol. The van der Waals surface area contributed by atoms with E-state index in [9.17, 15) is 0 Å². The average molecular weight is 597 g/mol. The first kappa shape index (κ1) is 32.8. The van der Waals surface area contributed by atoms with Crippen LogP contribution in [-0.4, -0.2) is 58.3 Å². The number of nitrogens with zero attached hydrogens (tertiary/aromatic N) is 2. The van der Waals surface area contributed by atoms with Crippen LogP contribution in [0.4, 0.5) is 0 Å². The summed E-state index contributed by atoms with van der Waals surface area (Å²) in [4.78, 5) is 6.30. The largest absolute Gasteiger partial charge is 0.375 e. The van der Waals surface area contributed by atoms with Crippen molar-refractivity contribution in [1.82, 2.24) is 9.80 Å². The predicted octanol–water partition coefficient (Wildman–Crippen LogP) is 10.5. The van der Waals surface area contributed by atoms with Crippen molar-refractivity contribution in [2.45, 2.75) is 230 Å². The molecule has 0 aromatic heterocycles. The van der Waals surface area contributed by atoms with Crippen molar-refractivity contribution in [1.29, 1.82) is 0 Å². The maximum Gasteiger partial charge on any atom is 0.0580 e. The van der Waals surface area contributed by atoms with E-state index in [0.29, 0.717) is 12.2 Å². The monoisotopic (exact) mass is 597 g/mol. The third-order valence-corrected chi connectivity index (χ3v) is 13.8. The molecule has 248 valence electrons. The van der Waals surface area contributed by atoms with Gasteiger partial charge in [-0.3, -0.25) is 9.80 Å². The van der Waals surface area contributed by atoms with Crippen molar-refractivity contribution in [3.8, 4) is 0 Å². The Bertz CT molecular complexity index is 705. The van der Waals surface area contributed by atoms with Crippen molar-refractivity contribution >= 4 is 0 Å². The molecular weight excluding hydrogens is 524 g/mol. The topological polar surface area (TPSA) is 15.7 Å². The lowest BCUT2D eigenvalue weighted by atomic mass is 9.79. The molecule has 6 aliphatic rings. The van der Waals surface area contributed by atoms with Crippen LogP contribution in [0.25, 0.3) is 0 Å². The van der Waals surface area contributed by atoms with Crippen LogP contribution in [0, 0.1) is 23.7 Å². The molecular formula is C40H72N2O. The van der Waals surface area contributed by atoms with Gasteiger partial charge in [0, 0.05) is 36.3 Å². The van der Waals surface area contributed by atoms with Crippen LogP contribution in [0.5, 0.6) is 0 Å². The van der Waals surface area contributed by atoms with Crippen LogP contribution in [0.3, 0.4) is 0 Å². The van der Waals surface area contributed by atoms with Gasteiger partial charge >= 0.3 is 0 Å². The van der Waals surface area contributed by atoms with Gasteiger partial charge in [0.05, 0.1) is 12.2 Å². The molecule has 0 radical (unpaired) electrons. The highest BCUT2D eigenvalue weighted by molar-refractivity contribution is 4.95. The zero-order valence-corrected chi connectivity index (χ0v) is 29.2. The van der Waals surface area contributed by atoms with E-state index in [2.05, 4.69) is 37.5 Å². The molecule has 8 atom stereocenters. The van der Waals surface area contributed by atoms with Crippen LogP contribution >= 0.6 is 0 Å². The van der Waals surface area contributed by atoms with Crippen LogP contribution in [-0.2, 0) is 4.74 Å². The molecule has 0 amide bonds. The Morgan fingerprint density at radius 3 is 0.860 bits per heavy atom. The second-order valence-corrected chi connectivity index (χ2v) is 17.6. The molecule has 0 bridgehead atoms. The van der Waals surface area contributed by atoms with Gasteiger partial charge in [0.2, 0.25) is 0 Å². The fourth-order valence-corrected chi connectivity index (χ4v) is 11.7. The van der Waals surface area contributed by atoms with Crippen LogP contribution in [0.1, 0.15) is 182 Å². The summed E-state index contributed by atoms with van der Waals surface area (Å²) in [6, 6.07) is 5.09. The molecule has 0 aromatic carbocycles. The van der Waals surface area contributed by atoms with Crippen LogP contribution < -0.4 is 0 Å². The molecule has 0 saturated heterocycles. The maximum atomic E-state index is 7.00. The Hall–Kier alpha value is -0.120. The van der Waals surface area contributed by atoms with E-state index in [-0.39, 0.29) is 0 Å². The second-order valence-electron chi connectivity index (χ2n) is 17.6. The smallest absolute Gasteiger partial charge is 0.0580 e. The van der Waals surface area contributed by atoms with Gasteiger partial charge < -0.3 is 4.74 Å². The maximum absolute atomic E-state index is 7.00. The van der Waals surface area contributed by atoms with E-state index in [4.69, 9.17) is 4.74 Å². The Morgan fingerprint density at radius 2 is 0.605 bits per heavy atom. The van der Waals surface area contributed by atoms with E-state index in [1.54, 1.807) is 0 Å². The summed E-state index contributed by atoms with van der Waals surface area (Å²) in [6.45, 7) is 10.1. The molecule has 6 aliphatic carbocycles. The molecule has 3 heteroatoms. The molecule has 6 saturated carbocycles. The van der Waals surface area contributed by atoms with Crippen molar-refractivity contribution < 1.29 is 4.74 Å². The van der Waals surface area contributed by atoms with Crippen molar-refractivity contribution in [2.75, 3.05) is 0 Å². The molecule has 6 fully saturated rings. The second kappa shape index (κ2) is 15.6. The number of hydrogen-bond donors (Lipinski definition) is 0. The molecule has 6 rings (SSSR count). The first-order valence-corrected chi connectivity index (χ1v) is 20.1. The lowest BCUT2D eigenvalue weighted by molar-refractivity contribution is -0.0810. The molecule has 8 unspecified atom stereocenters. The fourth-order valence-electron chi connectivity index (χ4n) is 11.7. The summed E-state index contributed by atoms with van der Waals surface area (Å²) >= 11 is 0.